The van der Waals surface area contributed by atoms with Gasteiger partial charge in [0.2, 0.25) is 5.91 Å². The van der Waals surface area contributed by atoms with E-state index >= 15 is 0 Å². The van der Waals surface area contributed by atoms with Gasteiger partial charge >= 0.3 is 30.2 Å². The average Bonchev–Trinajstić information content (AvgIpc) is 3.42. The van der Waals surface area contributed by atoms with E-state index in [0.29, 0.717) is 33.4 Å². The van der Waals surface area contributed by atoms with Crippen molar-refractivity contribution in [2.75, 3.05) is 6.54 Å². The van der Waals surface area contributed by atoms with E-state index in [1.165, 1.54) is 18.2 Å². The van der Waals surface area contributed by atoms with Crippen LogP contribution in [0.1, 0.15) is 60.6 Å². The number of hydrogen-bond acceptors (Lipinski definition) is 14. The number of alkyl carbamates (subject to hydrolysis) is 3. The summed E-state index contributed by atoms with van der Waals surface area (Å²) in [7, 11) is 0. The van der Waals surface area contributed by atoms with Crippen LogP contribution < -0.4 is 26.0 Å². The maximum absolute atomic E-state index is 14.3. The minimum absolute atomic E-state index is 0.0495. The molecule has 6 aromatic carbocycles. The van der Waals surface area contributed by atoms with Gasteiger partial charge < -0.3 is 55.2 Å². The zero-order valence-corrected chi connectivity index (χ0v) is 43.1. The third kappa shape index (κ3) is 19.1. The van der Waals surface area contributed by atoms with E-state index in [4.69, 9.17) is 23.7 Å². The van der Waals surface area contributed by atoms with E-state index in [1.54, 1.807) is 130 Å². The minimum Gasteiger partial charge on any atom is -0.489 e. The number of aliphatic hydroxyl groups is 1. The van der Waals surface area contributed by atoms with Crippen LogP contribution in [-0.2, 0) is 72.6 Å². The molecule has 408 valence electrons. The summed E-state index contributed by atoms with van der Waals surface area (Å²) in [6, 6.07) is 39.6. The van der Waals surface area contributed by atoms with E-state index < -0.39 is 96.0 Å². The highest BCUT2D eigenvalue weighted by molar-refractivity contribution is 5.90. The summed E-state index contributed by atoms with van der Waals surface area (Å²) < 4.78 is 27.8. The van der Waals surface area contributed by atoms with E-state index in [9.17, 15) is 49.1 Å². The molecule has 20 heteroatoms. The van der Waals surface area contributed by atoms with Gasteiger partial charge in [-0.05, 0) is 84.0 Å². The van der Waals surface area contributed by atoms with Crippen LogP contribution in [0.5, 0.6) is 5.75 Å². The number of nitro benzene ring substituents is 1. The number of carbonyl (C=O) groups excluding carboxylic acids is 5. The van der Waals surface area contributed by atoms with Gasteiger partial charge in [-0.3, -0.25) is 14.9 Å². The summed E-state index contributed by atoms with van der Waals surface area (Å²) >= 11 is 0. The van der Waals surface area contributed by atoms with Crippen LogP contribution in [0.4, 0.5) is 20.1 Å². The summed E-state index contributed by atoms with van der Waals surface area (Å²) in [6.45, 7) is 4.02. The van der Waals surface area contributed by atoms with Gasteiger partial charge in [-0.2, -0.15) is 0 Å². The van der Waals surface area contributed by atoms with Crippen molar-refractivity contribution in [3.63, 3.8) is 0 Å². The maximum Gasteiger partial charge on any atom is 0.408 e. The Morgan fingerprint density at radius 3 is 1.56 bits per heavy atom. The highest BCUT2D eigenvalue weighted by Gasteiger charge is 2.33. The van der Waals surface area contributed by atoms with Gasteiger partial charge in [-0.15, -0.1) is 0 Å². The molecule has 78 heavy (non-hydrogen) atoms. The first-order valence-electron chi connectivity index (χ1n) is 24.8. The number of carboxylic acid groups (broad SMARTS) is 1. The van der Waals surface area contributed by atoms with Gasteiger partial charge in [0, 0.05) is 37.4 Å². The molecule has 0 fully saturated rings. The van der Waals surface area contributed by atoms with Crippen molar-refractivity contribution < 1.29 is 67.6 Å². The summed E-state index contributed by atoms with van der Waals surface area (Å²) in [5, 5.41) is 43.9. The highest BCUT2D eigenvalue weighted by Crippen LogP contribution is 2.32. The molecule has 0 unspecified atom stereocenters. The van der Waals surface area contributed by atoms with E-state index in [-0.39, 0.29) is 44.2 Å². The monoisotopic (exact) mass is 1070 g/mol. The zero-order chi connectivity index (χ0) is 56.0. The van der Waals surface area contributed by atoms with E-state index in [1.807, 2.05) is 30.3 Å². The SMILES string of the molecule is CC(C)(C)OC(=O)N[C@@H](C[C@@H](O)CNC(=O)OCc1ccccc1)C(=O)N[C@@H](Cc1cc(-c2ccc(OCc3ccccc3)c(C[C@H](NC(=O)OCc3ccccc3)C(=O)O)c2)ccc1[N+](=O)[O-])C(=O)OCc1ccccc1. The second kappa shape index (κ2) is 28.6. The van der Waals surface area contributed by atoms with Gasteiger partial charge in [0.05, 0.1) is 11.0 Å². The lowest BCUT2D eigenvalue weighted by atomic mass is 9.95. The van der Waals surface area contributed by atoms with Crippen LogP contribution in [-0.4, -0.2) is 87.6 Å². The number of benzene rings is 6. The molecule has 20 nitrogen and oxygen atoms in total. The molecule has 6 rings (SSSR count). The summed E-state index contributed by atoms with van der Waals surface area (Å²) in [5.41, 5.74) is 2.39. The average molecular weight is 1070 g/mol. The third-order valence-electron chi connectivity index (χ3n) is 11.6. The molecule has 4 amide bonds. The number of hydrogen-bond donors (Lipinski definition) is 6. The first kappa shape index (κ1) is 58.0. The molecule has 0 bridgehead atoms. The Hall–Kier alpha value is -9.30. The standard InChI is InChI=1S/C58H61N5O15/c1-58(2,3)78-57(71)61-47(32-46(64)33-59-55(69)76-36-40-20-12-6-13-21-40)52(65)60-49(54(68)75-35-39-18-10-5-11-19-39)30-44-28-42(24-26-50(44)63(72)73)43-25-27-51(74-34-38-16-8-4-9-17-38)45(29-43)31-48(53(66)67)62-56(70)77-37-41-22-14-7-15-23-41/h4-29,46-49,64H,30-37H2,1-3H3,(H,59,69)(H,60,65)(H,61,71)(H,62,70)(H,66,67)/t46-,47+,48+,49+/m1/s1. The number of nitrogens with zero attached hydrogens (tertiary/aromatic N) is 1. The van der Waals surface area contributed by atoms with Gasteiger partial charge in [0.25, 0.3) is 5.69 Å². The number of aliphatic carboxylic acids is 1. The fraction of sp³-hybridized carbons (Fsp3) is 0.276. The predicted octanol–water partition coefficient (Wildman–Crippen LogP) is 8.10. The molecule has 4 atom stereocenters. The Bertz CT molecular complexity index is 2980. The number of amides is 4. The fourth-order valence-corrected chi connectivity index (χ4v) is 7.76. The van der Waals surface area contributed by atoms with Crippen LogP contribution in [0.25, 0.3) is 11.1 Å². The first-order chi connectivity index (χ1) is 37.4. The summed E-state index contributed by atoms with van der Waals surface area (Å²) in [6.07, 6.45) is -5.73. The molecule has 0 spiro atoms. The number of rotatable bonds is 25. The van der Waals surface area contributed by atoms with Gasteiger partial charge in [0.15, 0.2) is 0 Å². The summed E-state index contributed by atoms with van der Waals surface area (Å²) in [4.78, 5) is 91.8. The molecule has 0 saturated heterocycles. The van der Waals surface area contributed by atoms with Crippen LogP contribution in [0.15, 0.2) is 158 Å². The molecular weight excluding hydrogens is 1010 g/mol. The molecule has 0 saturated carbocycles. The van der Waals surface area contributed by atoms with Crippen molar-refractivity contribution in [1.82, 2.24) is 21.3 Å². The topological polar surface area (TPSA) is 280 Å². The smallest absolute Gasteiger partial charge is 0.408 e. The Morgan fingerprint density at radius 2 is 1.04 bits per heavy atom. The number of carboxylic acids is 1. The molecule has 6 aromatic rings. The molecular formula is C58H61N5O15. The van der Waals surface area contributed by atoms with Crippen molar-refractivity contribution in [3.8, 4) is 16.9 Å². The molecule has 0 aromatic heterocycles. The number of nitro groups is 1. The largest absolute Gasteiger partial charge is 0.489 e. The van der Waals surface area contributed by atoms with Gasteiger partial charge in [-0.1, -0.05) is 127 Å². The first-order valence-corrected chi connectivity index (χ1v) is 24.8. The Morgan fingerprint density at radius 1 is 0.564 bits per heavy atom. The van der Waals surface area contributed by atoms with Crippen molar-refractivity contribution >= 4 is 41.8 Å². The Labute approximate surface area is 450 Å². The molecule has 0 radical (unpaired) electrons. The summed E-state index contributed by atoms with van der Waals surface area (Å²) in [5.74, 6) is -3.13. The molecule has 6 N–H and O–H groups in total. The number of aliphatic hydroxyl groups excluding tert-OH is 1. The number of carbonyl (C=O) groups is 6. The third-order valence-corrected chi connectivity index (χ3v) is 11.6. The van der Waals surface area contributed by atoms with Crippen LogP contribution in [0.2, 0.25) is 0 Å². The quantitative estimate of drug-likeness (QED) is 0.0137. The van der Waals surface area contributed by atoms with Crippen molar-refractivity contribution in [2.45, 2.75) is 96.3 Å². The van der Waals surface area contributed by atoms with E-state index in [2.05, 4.69) is 21.3 Å². The Balaban J connectivity index is 1.29. The minimum atomic E-state index is -1.66. The molecule has 0 aliphatic heterocycles. The zero-order valence-electron chi connectivity index (χ0n) is 43.1. The number of esters is 1. The van der Waals surface area contributed by atoms with Gasteiger partial charge in [-0.25, -0.2) is 24.0 Å². The maximum atomic E-state index is 14.3. The van der Waals surface area contributed by atoms with Crippen LogP contribution in [0, 0.1) is 10.1 Å². The lowest BCUT2D eigenvalue weighted by Crippen LogP contribution is -2.54. The normalized spacial score (nSPS) is 12.5. The molecule has 0 heterocycles. The van der Waals surface area contributed by atoms with Gasteiger partial charge in [0.1, 0.15) is 55.9 Å². The van der Waals surface area contributed by atoms with Crippen molar-refractivity contribution in [1.29, 1.82) is 0 Å². The van der Waals surface area contributed by atoms with Crippen LogP contribution >= 0.6 is 0 Å². The fourth-order valence-electron chi connectivity index (χ4n) is 7.76. The second-order valence-corrected chi connectivity index (χ2v) is 18.9. The van der Waals surface area contributed by atoms with Crippen molar-refractivity contribution in [2.24, 2.45) is 0 Å². The lowest BCUT2D eigenvalue weighted by molar-refractivity contribution is -0.385. The van der Waals surface area contributed by atoms with E-state index in [0.717, 1.165) is 5.56 Å². The Kier molecular flexibility index (Phi) is 21.2. The second-order valence-electron chi connectivity index (χ2n) is 18.9. The lowest BCUT2D eigenvalue weighted by Gasteiger charge is -2.26. The highest BCUT2D eigenvalue weighted by atomic mass is 16.6. The predicted molar refractivity (Wildman–Crippen MR) is 284 cm³/mol. The molecule has 0 aliphatic carbocycles. The van der Waals surface area contributed by atoms with Crippen molar-refractivity contribution in [3.05, 3.63) is 201 Å². The molecule has 0 aliphatic rings. The number of nitrogens with one attached hydrogen (secondary N) is 4. The number of ether oxygens (including phenoxy) is 5. The van der Waals surface area contributed by atoms with Crippen LogP contribution in [0.3, 0.4) is 0 Å².